The number of rotatable bonds is 4. The molecule has 3 aromatic carbocycles. The Hall–Kier alpha value is -2.61. The molecule has 1 unspecified atom stereocenters. The Morgan fingerprint density at radius 3 is 2.22 bits per heavy atom. The van der Waals surface area contributed by atoms with Crippen LogP contribution in [-0.2, 0) is 9.53 Å². The molecule has 27 heavy (non-hydrogen) atoms. The van der Waals surface area contributed by atoms with E-state index in [0.717, 1.165) is 5.56 Å². The molecule has 2 heteroatoms. The van der Waals surface area contributed by atoms with E-state index in [1.54, 1.807) is 0 Å². The second-order valence-electron chi connectivity index (χ2n) is 8.33. The maximum absolute atomic E-state index is 12.7. The third-order valence-corrected chi connectivity index (χ3v) is 4.64. The molecule has 0 spiro atoms. The maximum atomic E-state index is 12.7. The summed E-state index contributed by atoms with van der Waals surface area (Å²) < 4.78 is 5.64. The van der Waals surface area contributed by atoms with Crippen molar-refractivity contribution in [1.29, 1.82) is 0 Å². The number of carbonyl (C=O) groups is 1. The van der Waals surface area contributed by atoms with Crippen LogP contribution in [-0.4, -0.2) is 11.6 Å². The molecule has 3 aromatic rings. The van der Waals surface area contributed by atoms with Gasteiger partial charge < -0.3 is 4.74 Å². The number of ether oxygens (including phenoxy) is 1. The Morgan fingerprint density at radius 1 is 0.926 bits per heavy atom. The van der Waals surface area contributed by atoms with Gasteiger partial charge in [-0.25, -0.2) is 0 Å². The van der Waals surface area contributed by atoms with Crippen LogP contribution >= 0.6 is 0 Å². The van der Waals surface area contributed by atoms with Gasteiger partial charge in [-0.2, -0.15) is 0 Å². The number of aryl methyl sites for hydroxylation is 2. The summed E-state index contributed by atoms with van der Waals surface area (Å²) in [5.74, 6) is -0.204. The molecule has 0 aliphatic carbocycles. The molecule has 0 amide bonds. The monoisotopic (exact) mass is 360 g/mol. The summed E-state index contributed by atoms with van der Waals surface area (Å²) >= 11 is 0. The largest absolute Gasteiger partial charge is 0.460 e. The molecule has 0 bridgehead atoms. The van der Waals surface area contributed by atoms with Gasteiger partial charge in [0.1, 0.15) is 5.60 Å². The van der Waals surface area contributed by atoms with E-state index in [1.807, 2.05) is 26.8 Å². The predicted molar refractivity (Wildman–Crippen MR) is 112 cm³/mol. The summed E-state index contributed by atoms with van der Waals surface area (Å²) in [4.78, 5) is 12.7. The van der Waals surface area contributed by atoms with Gasteiger partial charge in [0.05, 0.1) is 6.42 Å². The van der Waals surface area contributed by atoms with Gasteiger partial charge in [0.2, 0.25) is 0 Å². The standard InChI is InChI=1S/C25H28O2/c1-17-13-18(2)15-20(14-17)23(16-24(26)27-25(3,4)5)22-12-8-10-19-9-6-7-11-21(19)22/h6-15,23H,16H2,1-5H3. The average Bonchev–Trinajstić information content (AvgIpc) is 2.57. The van der Waals surface area contributed by atoms with E-state index in [-0.39, 0.29) is 11.9 Å². The van der Waals surface area contributed by atoms with Crippen LogP contribution in [0.25, 0.3) is 10.8 Å². The number of hydrogen-bond donors (Lipinski definition) is 0. The van der Waals surface area contributed by atoms with Crippen LogP contribution in [0.3, 0.4) is 0 Å². The van der Waals surface area contributed by atoms with Crippen LogP contribution in [0.5, 0.6) is 0 Å². The lowest BCUT2D eigenvalue weighted by molar-refractivity contribution is -0.155. The fraction of sp³-hybridized carbons (Fsp3) is 0.320. The maximum Gasteiger partial charge on any atom is 0.307 e. The van der Waals surface area contributed by atoms with E-state index >= 15 is 0 Å². The zero-order chi connectivity index (χ0) is 19.6. The quantitative estimate of drug-likeness (QED) is 0.509. The Kier molecular flexibility index (Phi) is 5.36. The van der Waals surface area contributed by atoms with E-state index in [0.29, 0.717) is 6.42 Å². The predicted octanol–water partition coefficient (Wildman–Crippen LogP) is 6.32. The van der Waals surface area contributed by atoms with E-state index < -0.39 is 5.60 Å². The SMILES string of the molecule is Cc1cc(C)cc(C(CC(=O)OC(C)(C)C)c2cccc3ccccc23)c1. The summed E-state index contributed by atoms with van der Waals surface area (Å²) in [6.45, 7) is 9.94. The van der Waals surface area contributed by atoms with Crippen LogP contribution in [0.2, 0.25) is 0 Å². The van der Waals surface area contributed by atoms with Crippen LogP contribution in [0.1, 0.15) is 55.4 Å². The first kappa shape index (κ1) is 19.2. The third kappa shape index (κ3) is 4.77. The Morgan fingerprint density at radius 2 is 1.56 bits per heavy atom. The highest BCUT2D eigenvalue weighted by Gasteiger charge is 2.24. The van der Waals surface area contributed by atoms with Gasteiger partial charge in [-0.05, 0) is 56.5 Å². The Bertz CT molecular complexity index is 938. The molecule has 0 aromatic heterocycles. The molecule has 0 N–H and O–H groups in total. The second-order valence-corrected chi connectivity index (χ2v) is 8.33. The van der Waals surface area contributed by atoms with Crippen molar-refractivity contribution in [2.75, 3.05) is 0 Å². The van der Waals surface area contributed by atoms with E-state index in [1.165, 1.54) is 27.5 Å². The van der Waals surface area contributed by atoms with Crippen molar-refractivity contribution in [1.82, 2.24) is 0 Å². The molecule has 0 radical (unpaired) electrons. The van der Waals surface area contributed by atoms with Gasteiger partial charge in [-0.1, -0.05) is 71.8 Å². The number of esters is 1. The molecule has 0 fully saturated rings. The normalized spacial score (nSPS) is 12.8. The third-order valence-electron chi connectivity index (χ3n) is 4.64. The highest BCUT2D eigenvalue weighted by molar-refractivity contribution is 5.87. The van der Waals surface area contributed by atoms with Crippen molar-refractivity contribution in [3.05, 3.63) is 82.9 Å². The molecule has 0 aliphatic rings. The first-order chi connectivity index (χ1) is 12.7. The number of fused-ring (bicyclic) bond motifs is 1. The minimum atomic E-state index is -0.483. The molecule has 2 nitrogen and oxygen atoms in total. The Labute approximate surface area is 162 Å². The Balaban J connectivity index is 2.10. The molecule has 1 atom stereocenters. The van der Waals surface area contributed by atoms with Gasteiger partial charge in [0.15, 0.2) is 0 Å². The van der Waals surface area contributed by atoms with Crippen molar-refractivity contribution in [3.63, 3.8) is 0 Å². The summed E-state index contributed by atoms with van der Waals surface area (Å²) in [7, 11) is 0. The van der Waals surface area contributed by atoms with Crippen molar-refractivity contribution in [2.24, 2.45) is 0 Å². The van der Waals surface area contributed by atoms with Gasteiger partial charge in [-0.15, -0.1) is 0 Å². The molecule has 0 saturated carbocycles. The lowest BCUT2D eigenvalue weighted by atomic mass is 9.84. The number of benzene rings is 3. The van der Waals surface area contributed by atoms with Crippen molar-refractivity contribution >= 4 is 16.7 Å². The summed E-state index contributed by atoms with van der Waals surface area (Å²) in [5, 5.41) is 2.38. The highest BCUT2D eigenvalue weighted by atomic mass is 16.6. The smallest absolute Gasteiger partial charge is 0.307 e. The minimum absolute atomic E-state index is 0.0375. The van der Waals surface area contributed by atoms with E-state index in [2.05, 4.69) is 68.4 Å². The molecule has 3 rings (SSSR count). The molecule has 0 saturated heterocycles. The van der Waals surface area contributed by atoms with Gasteiger partial charge >= 0.3 is 5.97 Å². The van der Waals surface area contributed by atoms with Gasteiger partial charge in [-0.3, -0.25) is 4.79 Å². The fourth-order valence-electron chi connectivity index (χ4n) is 3.72. The number of hydrogen-bond acceptors (Lipinski definition) is 2. The zero-order valence-electron chi connectivity index (χ0n) is 16.9. The van der Waals surface area contributed by atoms with Crippen molar-refractivity contribution < 1.29 is 9.53 Å². The lowest BCUT2D eigenvalue weighted by Gasteiger charge is -2.24. The summed E-state index contributed by atoms with van der Waals surface area (Å²) in [6.07, 6.45) is 0.328. The second kappa shape index (κ2) is 7.56. The molecule has 140 valence electrons. The molecule has 0 heterocycles. The number of carbonyl (C=O) groups excluding carboxylic acids is 1. The molecular weight excluding hydrogens is 332 g/mol. The first-order valence-electron chi connectivity index (χ1n) is 9.50. The lowest BCUT2D eigenvalue weighted by Crippen LogP contribution is -2.25. The van der Waals surface area contributed by atoms with Crippen molar-refractivity contribution in [3.8, 4) is 0 Å². The van der Waals surface area contributed by atoms with E-state index in [4.69, 9.17) is 4.74 Å². The van der Waals surface area contributed by atoms with E-state index in [9.17, 15) is 4.79 Å². The highest BCUT2D eigenvalue weighted by Crippen LogP contribution is 2.35. The minimum Gasteiger partial charge on any atom is -0.460 e. The van der Waals surface area contributed by atoms with Crippen LogP contribution < -0.4 is 0 Å². The fourth-order valence-corrected chi connectivity index (χ4v) is 3.72. The summed E-state index contributed by atoms with van der Waals surface area (Å²) in [5.41, 5.74) is 4.26. The molecular formula is C25H28O2. The summed E-state index contributed by atoms with van der Waals surface area (Å²) in [6, 6.07) is 21.2. The van der Waals surface area contributed by atoms with Crippen LogP contribution in [0.4, 0.5) is 0 Å². The zero-order valence-corrected chi connectivity index (χ0v) is 16.9. The topological polar surface area (TPSA) is 26.3 Å². The van der Waals surface area contributed by atoms with Gasteiger partial charge in [0.25, 0.3) is 0 Å². The van der Waals surface area contributed by atoms with Crippen LogP contribution in [0.15, 0.2) is 60.7 Å². The first-order valence-corrected chi connectivity index (χ1v) is 9.50. The molecule has 0 aliphatic heterocycles. The van der Waals surface area contributed by atoms with Crippen molar-refractivity contribution in [2.45, 2.75) is 52.6 Å². The average molecular weight is 360 g/mol. The van der Waals surface area contributed by atoms with Crippen LogP contribution in [0, 0.1) is 13.8 Å². The van der Waals surface area contributed by atoms with Gasteiger partial charge in [0, 0.05) is 5.92 Å².